The number of esters is 1. The number of hydrogen-bond donors (Lipinski definition) is 0. The summed E-state index contributed by atoms with van der Waals surface area (Å²) in [6.45, 7) is 5.16. The molecule has 0 aromatic heterocycles. The summed E-state index contributed by atoms with van der Waals surface area (Å²) in [6.07, 6.45) is -3.33. The van der Waals surface area contributed by atoms with Gasteiger partial charge >= 0.3 is 12.1 Å². The summed E-state index contributed by atoms with van der Waals surface area (Å²) in [5, 5.41) is 11.6. The van der Waals surface area contributed by atoms with Crippen LogP contribution in [0.25, 0.3) is 31.3 Å². The van der Waals surface area contributed by atoms with E-state index in [2.05, 4.69) is 30.1 Å². The Hall–Kier alpha value is -4.97. The highest BCUT2D eigenvalue weighted by Gasteiger charge is 2.48. The Morgan fingerprint density at radius 1 is 0.894 bits per heavy atom. The number of rotatable bonds is 12. The van der Waals surface area contributed by atoms with Gasteiger partial charge in [0.05, 0.1) is 24.2 Å². The molecule has 2 aliphatic rings. The lowest BCUT2D eigenvalue weighted by Crippen LogP contribution is -2.57. The molecule has 1 saturated carbocycles. The van der Waals surface area contributed by atoms with E-state index in [0.717, 1.165) is 11.1 Å². The maximum Gasteiger partial charge on any atom is 0.410 e. The van der Waals surface area contributed by atoms with E-state index < -0.39 is 66.7 Å². The fourth-order valence-electron chi connectivity index (χ4n) is 6.04. The summed E-state index contributed by atoms with van der Waals surface area (Å²) in [5.74, 6) is -1.10. The second kappa shape index (κ2) is 17.1. The van der Waals surface area contributed by atoms with Gasteiger partial charge in [-0.25, -0.2) is 4.79 Å². The van der Waals surface area contributed by atoms with Crippen molar-refractivity contribution in [3.05, 3.63) is 103 Å². The predicted molar refractivity (Wildman–Crippen MR) is 169 cm³/mol. The predicted octanol–water partition coefficient (Wildman–Crippen LogP) is 7.11. The third kappa shape index (κ3) is 9.29. The Balaban J connectivity index is 1.60. The fraction of sp³-hybridized carbons (Fsp3) is 0.548. The molecule has 1 unspecified atom stereocenters. The van der Waals surface area contributed by atoms with Crippen LogP contribution in [0.4, 0.5) is 4.79 Å². The minimum atomic E-state index is -1.14. The van der Waals surface area contributed by atoms with E-state index in [1.165, 1.54) is 6.92 Å². The number of benzene rings is 2. The molecule has 16 nitrogen and oxygen atoms in total. The van der Waals surface area contributed by atoms with Crippen molar-refractivity contribution in [3.63, 3.8) is 0 Å². The Kier molecular flexibility index (Phi) is 12.7. The van der Waals surface area contributed by atoms with Crippen LogP contribution in [-0.2, 0) is 36.9 Å². The summed E-state index contributed by atoms with van der Waals surface area (Å²) in [7, 11) is 0. The highest BCUT2D eigenvalue weighted by atomic mass is 16.7. The highest BCUT2D eigenvalue weighted by molar-refractivity contribution is 5.68. The first kappa shape index (κ1) is 34.9. The lowest BCUT2D eigenvalue weighted by Gasteiger charge is -2.46. The van der Waals surface area contributed by atoms with Gasteiger partial charge in [-0.2, -0.15) is 0 Å². The van der Waals surface area contributed by atoms with Crippen molar-refractivity contribution in [2.24, 2.45) is 21.3 Å². The SMILES string of the molecule is CC(=O)O[C@@H]1[C@@H](C)[C@H](N=[N+]=[N-])C[C@H](N=[N+]=[N-])[C@H]1O[C@H]1O[C@H]([C@@H](C)N(Cc2ccccc2)C(=O)OCc2ccccc2)CCC1N=[N+]=[N-]. The quantitative estimate of drug-likeness (QED) is 0.101. The molecule has 4 rings (SSSR count). The second-order valence-electron chi connectivity index (χ2n) is 11.6. The number of ether oxygens (including phenoxy) is 4. The van der Waals surface area contributed by atoms with Crippen LogP contribution >= 0.6 is 0 Å². The second-order valence-corrected chi connectivity index (χ2v) is 11.6. The summed E-state index contributed by atoms with van der Waals surface area (Å²) in [5.41, 5.74) is 29.5. The average molecular weight is 647 g/mol. The first-order valence-corrected chi connectivity index (χ1v) is 15.4. The normalized spacial score (nSPS) is 27.5. The number of amides is 1. The van der Waals surface area contributed by atoms with Crippen LogP contribution in [0.3, 0.4) is 0 Å². The van der Waals surface area contributed by atoms with E-state index in [4.69, 9.17) is 24.5 Å². The van der Waals surface area contributed by atoms with E-state index in [1.807, 2.05) is 67.6 Å². The largest absolute Gasteiger partial charge is 0.459 e. The van der Waals surface area contributed by atoms with Gasteiger partial charge in [0.1, 0.15) is 18.8 Å². The Labute approximate surface area is 271 Å². The molecule has 2 aromatic rings. The van der Waals surface area contributed by atoms with E-state index in [9.17, 15) is 20.7 Å². The van der Waals surface area contributed by atoms with Crippen molar-refractivity contribution in [1.82, 2.24) is 4.90 Å². The molecule has 1 aliphatic carbocycles. The molecule has 0 N–H and O–H groups in total. The smallest absolute Gasteiger partial charge is 0.410 e. The summed E-state index contributed by atoms with van der Waals surface area (Å²) >= 11 is 0. The zero-order chi connectivity index (χ0) is 33.8. The van der Waals surface area contributed by atoms with Crippen molar-refractivity contribution in [3.8, 4) is 0 Å². The minimum Gasteiger partial charge on any atom is -0.459 e. The van der Waals surface area contributed by atoms with Crippen molar-refractivity contribution in [2.75, 3.05) is 0 Å². The number of hydrogen-bond acceptors (Lipinski definition) is 9. The molecule has 1 aliphatic heterocycles. The van der Waals surface area contributed by atoms with Gasteiger partial charge in [-0.15, -0.1) is 0 Å². The van der Waals surface area contributed by atoms with Crippen molar-refractivity contribution < 1.29 is 28.5 Å². The Bertz CT molecular complexity index is 1500. The molecule has 16 heteroatoms. The summed E-state index contributed by atoms with van der Waals surface area (Å²) in [6, 6.07) is 16.0. The summed E-state index contributed by atoms with van der Waals surface area (Å²) in [4.78, 5) is 36.1. The van der Waals surface area contributed by atoms with Gasteiger partial charge in [-0.05, 0) is 53.9 Å². The monoisotopic (exact) mass is 646 g/mol. The van der Waals surface area contributed by atoms with Gasteiger partial charge in [0, 0.05) is 40.2 Å². The van der Waals surface area contributed by atoms with Gasteiger partial charge in [0.25, 0.3) is 0 Å². The number of nitrogens with zero attached hydrogens (tertiary/aromatic N) is 10. The van der Waals surface area contributed by atoms with Crippen molar-refractivity contribution in [2.45, 2.75) is 102 Å². The molecule has 47 heavy (non-hydrogen) atoms. The van der Waals surface area contributed by atoms with E-state index in [0.29, 0.717) is 12.8 Å². The minimum absolute atomic E-state index is 0.0863. The van der Waals surface area contributed by atoms with Crippen LogP contribution in [0.5, 0.6) is 0 Å². The number of azide groups is 3. The maximum atomic E-state index is 13.6. The van der Waals surface area contributed by atoms with Gasteiger partial charge in [0.2, 0.25) is 0 Å². The lowest BCUT2D eigenvalue weighted by atomic mass is 9.79. The number of carbonyl (C=O) groups is 2. The van der Waals surface area contributed by atoms with Gasteiger partial charge < -0.3 is 18.9 Å². The zero-order valence-corrected chi connectivity index (χ0v) is 26.4. The van der Waals surface area contributed by atoms with Crippen LogP contribution < -0.4 is 0 Å². The molecule has 1 amide bonds. The first-order valence-electron chi connectivity index (χ1n) is 15.4. The van der Waals surface area contributed by atoms with Crippen LogP contribution in [0.1, 0.15) is 51.2 Å². The van der Waals surface area contributed by atoms with E-state index in [1.54, 1.807) is 11.8 Å². The van der Waals surface area contributed by atoms with Crippen LogP contribution in [0.2, 0.25) is 0 Å². The number of carbonyl (C=O) groups excluding carboxylic acids is 2. The topological polar surface area (TPSA) is 221 Å². The standard InChI is InChI=1S/C31H38N10O6/c1-19-25(36-39-33)16-26(37-40-34)29(28(19)45-21(3)42)47-30-24(35-38-32)14-15-27(46-30)20(2)41(17-22-10-6-4-7-11-22)31(43)44-18-23-12-8-5-9-13-23/h4-13,19-20,24-30H,14-18H2,1-3H3/t19-,20+,24?,25+,26-,27-,28+,29+,30+/m0/s1. The molecule has 0 spiro atoms. The summed E-state index contributed by atoms with van der Waals surface area (Å²) < 4.78 is 24.2. The van der Waals surface area contributed by atoms with Crippen LogP contribution in [-0.4, -0.2) is 65.7 Å². The molecule has 2 aromatic carbocycles. The molecule has 9 atom stereocenters. The van der Waals surface area contributed by atoms with E-state index in [-0.39, 0.29) is 19.6 Å². The van der Waals surface area contributed by atoms with Crippen molar-refractivity contribution >= 4 is 12.1 Å². The molecule has 2 fully saturated rings. The maximum absolute atomic E-state index is 13.6. The van der Waals surface area contributed by atoms with Gasteiger partial charge in [0.15, 0.2) is 6.29 Å². The van der Waals surface area contributed by atoms with Crippen LogP contribution in [0, 0.1) is 5.92 Å². The molecule has 248 valence electrons. The van der Waals surface area contributed by atoms with Gasteiger partial charge in [-0.3, -0.25) is 9.69 Å². The third-order valence-corrected chi connectivity index (χ3v) is 8.54. The first-order chi connectivity index (χ1) is 22.7. The molecule has 0 radical (unpaired) electrons. The Morgan fingerprint density at radius 2 is 1.49 bits per heavy atom. The highest BCUT2D eigenvalue weighted by Crippen LogP contribution is 2.37. The van der Waals surface area contributed by atoms with Crippen LogP contribution in [0.15, 0.2) is 76.0 Å². The van der Waals surface area contributed by atoms with Gasteiger partial charge in [-0.1, -0.05) is 82.9 Å². The molecular weight excluding hydrogens is 608 g/mol. The van der Waals surface area contributed by atoms with Crippen molar-refractivity contribution in [1.29, 1.82) is 0 Å². The molecule has 1 heterocycles. The lowest BCUT2D eigenvalue weighted by molar-refractivity contribution is -0.257. The van der Waals surface area contributed by atoms with E-state index >= 15 is 0 Å². The molecular formula is C31H38N10O6. The third-order valence-electron chi connectivity index (χ3n) is 8.54. The molecule has 0 bridgehead atoms. The Morgan fingerprint density at radius 3 is 2.11 bits per heavy atom. The molecule has 1 saturated heterocycles. The average Bonchev–Trinajstić information content (AvgIpc) is 3.07. The zero-order valence-electron chi connectivity index (χ0n) is 26.4. The fourth-order valence-corrected chi connectivity index (χ4v) is 6.04.